The molecule has 1 aromatic heterocycles. The molecule has 8 heteroatoms. The van der Waals surface area contributed by atoms with Gasteiger partial charge in [0.15, 0.2) is 5.01 Å². The highest BCUT2D eigenvalue weighted by Crippen LogP contribution is 2.19. The van der Waals surface area contributed by atoms with E-state index in [-0.39, 0.29) is 23.4 Å². The minimum Gasteiger partial charge on any atom is -0.486 e. The van der Waals surface area contributed by atoms with Gasteiger partial charge in [0.05, 0.1) is 0 Å². The first kappa shape index (κ1) is 22.0. The molecular formula is C24H26N4O3S. The van der Waals surface area contributed by atoms with Crippen LogP contribution in [0.15, 0.2) is 48.5 Å². The molecule has 2 heterocycles. The number of aryl methyl sites for hydroxylation is 1. The first-order chi connectivity index (χ1) is 15.6. The van der Waals surface area contributed by atoms with Gasteiger partial charge in [0.2, 0.25) is 5.01 Å². The molecule has 2 aromatic carbocycles. The van der Waals surface area contributed by atoms with Crippen molar-refractivity contribution in [2.24, 2.45) is 0 Å². The number of aromatic nitrogens is 2. The monoisotopic (exact) mass is 450 g/mol. The van der Waals surface area contributed by atoms with Gasteiger partial charge in [-0.25, -0.2) is 0 Å². The Morgan fingerprint density at radius 1 is 1.03 bits per heavy atom. The molecule has 0 saturated carbocycles. The number of amides is 2. The van der Waals surface area contributed by atoms with Crippen molar-refractivity contribution in [2.45, 2.75) is 39.2 Å². The summed E-state index contributed by atoms with van der Waals surface area (Å²) in [6.45, 7) is 3.81. The van der Waals surface area contributed by atoms with Gasteiger partial charge < -0.3 is 15.0 Å². The zero-order valence-electron chi connectivity index (χ0n) is 18.0. The second kappa shape index (κ2) is 10.4. The van der Waals surface area contributed by atoms with Crippen LogP contribution in [0.1, 0.15) is 56.4 Å². The molecule has 3 aromatic rings. The fourth-order valence-corrected chi connectivity index (χ4v) is 4.27. The van der Waals surface area contributed by atoms with Crippen LogP contribution in [0.3, 0.4) is 0 Å². The Bertz CT molecular complexity index is 1090. The average Bonchev–Trinajstić information content (AvgIpc) is 3.11. The third-order valence-electron chi connectivity index (χ3n) is 5.27. The van der Waals surface area contributed by atoms with Crippen LogP contribution >= 0.6 is 11.3 Å². The first-order valence-electron chi connectivity index (χ1n) is 10.8. The van der Waals surface area contributed by atoms with Crippen LogP contribution in [0.5, 0.6) is 5.75 Å². The normalized spacial score (nSPS) is 14.0. The summed E-state index contributed by atoms with van der Waals surface area (Å²) < 4.78 is 5.73. The number of hydrogen-bond donors (Lipinski definition) is 1. The molecule has 7 nitrogen and oxygen atoms in total. The molecule has 32 heavy (non-hydrogen) atoms. The fourth-order valence-electron chi connectivity index (χ4n) is 3.62. The summed E-state index contributed by atoms with van der Waals surface area (Å²) >= 11 is 1.18. The van der Waals surface area contributed by atoms with Crippen molar-refractivity contribution in [2.75, 3.05) is 18.4 Å². The zero-order valence-corrected chi connectivity index (χ0v) is 18.9. The Hall–Kier alpha value is -3.26. The third kappa shape index (κ3) is 5.70. The quantitative estimate of drug-likeness (QED) is 0.589. The highest BCUT2D eigenvalue weighted by Gasteiger charge is 2.18. The largest absolute Gasteiger partial charge is 0.486 e. The van der Waals surface area contributed by atoms with Crippen LogP contribution in [0.25, 0.3) is 0 Å². The topological polar surface area (TPSA) is 84.4 Å². The molecule has 0 radical (unpaired) electrons. The van der Waals surface area contributed by atoms with Crippen molar-refractivity contribution in [3.63, 3.8) is 0 Å². The molecule has 166 valence electrons. The zero-order chi connectivity index (χ0) is 22.3. The van der Waals surface area contributed by atoms with Crippen molar-refractivity contribution in [3.05, 3.63) is 69.7 Å². The summed E-state index contributed by atoms with van der Waals surface area (Å²) in [6.07, 6.45) is 4.41. The Morgan fingerprint density at radius 2 is 1.81 bits per heavy atom. The van der Waals surface area contributed by atoms with Gasteiger partial charge in [-0.15, -0.1) is 10.2 Å². The minimum atomic E-state index is -0.358. The van der Waals surface area contributed by atoms with Crippen LogP contribution in [0.2, 0.25) is 0 Å². The maximum Gasteiger partial charge on any atom is 0.286 e. The van der Waals surface area contributed by atoms with E-state index < -0.39 is 0 Å². The Morgan fingerprint density at radius 3 is 2.59 bits per heavy atom. The lowest BCUT2D eigenvalue weighted by Crippen LogP contribution is -2.31. The third-order valence-corrected chi connectivity index (χ3v) is 6.17. The van der Waals surface area contributed by atoms with E-state index in [0.717, 1.165) is 37.2 Å². The van der Waals surface area contributed by atoms with Crippen molar-refractivity contribution >= 4 is 28.8 Å². The molecule has 2 amide bonds. The standard InChI is InChI=1S/C24H26N4O3S/c1-17-8-6-11-20(14-17)31-16-21-26-27-23(32-21)22(29)25-19-10-7-9-18(15-19)24(30)28-12-4-2-3-5-13-28/h6-11,14-15H,2-5,12-13,16H2,1H3,(H,25,29). The maximum atomic E-state index is 12.9. The van der Waals surface area contributed by atoms with E-state index in [1.165, 1.54) is 24.2 Å². The Kier molecular flexibility index (Phi) is 7.11. The van der Waals surface area contributed by atoms with Gasteiger partial charge in [-0.2, -0.15) is 0 Å². The number of rotatable bonds is 6. The molecule has 1 aliphatic heterocycles. The smallest absolute Gasteiger partial charge is 0.286 e. The number of hydrogen-bond acceptors (Lipinski definition) is 6. The molecule has 0 bridgehead atoms. The van der Waals surface area contributed by atoms with Crippen LogP contribution in [0.4, 0.5) is 5.69 Å². The summed E-state index contributed by atoms with van der Waals surface area (Å²) in [5.74, 6) is 0.398. The molecule has 1 fully saturated rings. The van der Waals surface area contributed by atoms with Gasteiger partial charge in [0.25, 0.3) is 11.8 Å². The summed E-state index contributed by atoms with van der Waals surface area (Å²) in [5.41, 5.74) is 2.24. The van der Waals surface area contributed by atoms with Crippen LogP contribution in [-0.2, 0) is 6.61 Å². The molecule has 0 unspecified atom stereocenters. The molecular weight excluding hydrogens is 424 g/mol. The van der Waals surface area contributed by atoms with Gasteiger partial charge in [0.1, 0.15) is 12.4 Å². The SMILES string of the molecule is Cc1cccc(OCc2nnc(C(=O)Nc3cccc(C(=O)N4CCCCCC4)c3)s2)c1. The van der Waals surface area contributed by atoms with Crippen LogP contribution in [-0.4, -0.2) is 40.0 Å². The van der Waals surface area contributed by atoms with Gasteiger partial charge in [-0.1, -0.05) is 42.4 Å². The number of nitrogens with one attached hydrogen (secondary N) is 1. The molecule has 0 spiro atoms. The summed E-state index contributed by atoms with van der Waals surface area (Å²) in [5, 5.41) is 11.7. The van der Waals surface area contributed by atoms with Crippen molar-refractivity contribution in [3.8, 4) is 5.75 Å². The first-order valence-corrected chi connectivity index (χ1v) is 11.6. The number of likely N-dealkylation sites (tertiary alicyclic amines) is 1. The second-order valence-corrected chi connectivity index (χ2v) is 8.91. The van der Waals surface area contributed by atoms with E-state index in [0.29, 0.717) is 16.3 Å². The summed E-state index contributed by atoms with van der Waals surface area (Å²) in [7, 11) is 0. The maximum absolute atomic E-state index is 12.9. The highest BCUT2D eigenvalue weighted by atomic mass is 32.1. The number of nitrogens with zero attached hydrogens (tertiary/aromatic N) is 3. The van der Waals surface area contributed by atoms with Gasteiger partial charge in [-0.3, -0.25) is 9.59 Å². The molecule has 0 atom stereocenters. The van der Waals surface area contributed by atoms with Crippen molar-refractivity contribution in [1.29, 1.82) is 0 Å². The van der Waals surface area contributed by atoms with E-state index in [2.05, 4.69) is 15.5 Å². The van der Waals surface area contributed by atoms with E-state index in [4.69, 9.17) is 4.74 Å². The molecule has 1 saturated heterocycles. The second-order valence-electron chi connectivity index (χ2n) is 7.85. The Balaban J connectivity index is 1.36. The van der Waals surface area contributed by atoms with E-state index in [1.807, 2.05) is 36.1 Å². The number of ether oxygens (including phenoxy) is 1. The lowest BCUT2D eigenvalue weighted by molar-refractivity contribution is 0.0761. The van der Waals surface area contributed by atoms with E-state index in [9.17, 15) is 9.59 Å². The summed E-state index contributed by atoms with van der Waals surface area (Å²) in [4.78, 5) is 27.4. The number of anilines is 1. The van der Waals surface area contributed by atoms with Gasteiger partial charge in [-0.05, 0) is 55.7 Å². The molecule has 1 N–H and O–H groups in total. The molecule has 4 rings (SSSR count). The Labute approximate surface area is 191 Å². The lowest BCUT2D eigenvalue weighted by Gasteiger charge is -2.20. The van der Waals surface area contributed by atoms with E-state index in [1.54, 1.807) is 24.3 Å². The predicted molar refractivity (Wildman–Crippen MR) is 124 cm³/mol. The van der Waals surface area contributed by atoms with Gasteiger partial charge >= 0.3 is 0 Å². The van der Waals surface area contributed by atoms with Crippen LogP contribution < -0.4 is 10.1 Å². The lowest BCUT2D eigenvalue weighted by atomic mass is 10.1. The number of carbonyl (C=O) groups is 2. The van der Waals surface area contributed by atoms with Crippen molar-refractivity contribution in [1.82, 2.24) is 15.1 Å². The van der Waals surface area contributed by atoms with E-state index >= 15 is 0 Å². The fraction of sp³-hybridized carbons (Fsp3) is 0.333. The average molecular weight is 451 g/mol. The summed E-state index contributed by atoms with van der Waals surface area (Å²) in [6, 6.07) is 14.8. The predicted octanol–water partition coefficient (Wildman–Crippen LogP) is 4.69. The number of carbonyl (C=O) groups excluding carboxylic acids is 2. The molecule has 0 aliphatic carbocycles. The minimum absolute atomic E-state index is 0.00879. The number of benzene rings is 2. The van der Waals surface area contributed by atoms with Gasteiger partial charge in [0, 0.05) is 24.3 Å². The highest BCUT2D eigenvalue weighted by molar-refractivity contribution is 7.13. The molecule has 1 aliphatic rings. The van der Waals surface area contributed by atoms with Crippen LogP contribution in [0, 0.1) is 6.92 Å². The van der Waals surface area contributed by atoms with Crippen molar-refractivity contribution < 1.29 is 14.3 Å².